The zero-order valence-corrected chi connectivity index (χ0v) is 16.2. The average molecular weight is 369 g/mol. The fourth-order valence-corrected chi connectivity index (χ4v) is 3.46. The largest absolute Gasteiger partial charge is 0.356 e. The summed E-state index contributed by atoms with van der Waals surface area (Å²) in [6.45, 7) is 5.70. The van der Waals surface area contributed by atoms with Crippen molar-refractivity contribution in [2.24, 2.45) is 4.99 Å². The van der Waals surface area contributed by atoms with Crippen molar-refractivity contribution in [1.82, 2.24) is 25.4 Å². The molecule has 6 nitrogen and oxygen atoms in total. The lowest BCUT2D eigenvalue weighted by Gasteiger charge is -2.12. The van der Waals surface area contributed by atoms with Gasteiger partial charge in [-0.15, -0.1) is 11.3 Å². The van der Waals surface area contributed by atoms with E-state index in [1.54, 1.807) is 24.6 Å². The number of hydrogen-bond donors (Lipinski definition) is 2. The number of aliphatic imine (C=N–C) groups is 1. The van der Waals surface area contributed by atoms with Gasteiger partial charge in [-0.1, -0.05) is 12.1 Å². The van der Waals surface area contributed by atoms with Crippen molar-refractivity contribution in [2.75, 3.05) is 13.6 Å². The molecule has 0 atom stereocenters. The molecule has 0 spiro atoms. The molecule has 7 heteroatoms. The molecule has 0 unspecified atom stereocenters. The van der Waals surface area contributed by atoms with Crippen molar-refractivity contribution in [3.63, 3.8) is 0 Å². The molecule has 26 heavy (non-hydrogen) atoms. The van der Waals surface area contributed by atoms with Crippen molar-refractivity contribution in [3.8, 4) is 5.69 Å². The van der Waals surface area contributed by atoms with Gasteiger partial charge in [-0.05, 0) is 37.6 Å². The maximum absolute atomic E-state index is 4.57. The number of thiazole rings is 1. The van der Waals surface area contributed by atoms with E-state index in [0.717, 1.165) is 35.3 Å². The Morgan fingerprint density at radius 2 is 2.00 bits per heavy atom. The van der Waals surface area contributed by atoms with E-state index in [0.29, 0.717) is 6.54 Å². The molecule has 0 bridgehead atoms. The topological polar surface area (TPSA) is 67.1 Å². The highest BCUT2D eigenvalue weighted by Gasteiger charge is 2.04. The molecule has 2 heterocycles. The van der Waals surface area contributed by atoms with E-state index < -0.39 is 0 Å². The maximum Gasteiger partial charge on any atom is 0.191 e. The number of nitrogens with zero attached hydrogens (tertiary/aromatic N) is 4. The predicted octanol–water partition coefficient (Wildman–Crippen LogP) is 2.85. The van der Waals surface area contributed by atoms with Crippen LogP contribution in [0.2, 0.25) is 0 Å². The Labute approximate surface area is 158 Å². The minimum Gasteiger partial charge on any atom is -0.356 e. The van der Waals surface area contributed by atoms with Crippen LogP contribution in [-0.4, -0.2) is 34.3 Å². The van der Waals surface area contributed by atoms with Gasteiger partial charge in [0.25, 0.3) is 0 Å². The highest BCUT2D eigenvalue weighted by atomic mass is 32.1. The fourth-order valence-electron chi connectivity index (χ4n) is 2.53. The summed E-state index contributed by atoms with van der Waals surface area (Å²) in [4.78, 5) is 10.1. The van der Waals surface area contributed by atoms with Crippen molar-refractivity contribution < 1.29 is 0 Å². The highest BCUT2D eigenvalue weighted by Crippen LogP contribution is 2.16. The van der Waals surface area contributed by atoms with Gasteiger partial charge in [-0.2, -0.15) is 5.10 Å². The first kappa shape index (κ1) is 18.1. The number of aromatic nitrogens is 3. The lowest BCUT2D eigenvalue weighted by Crippen LogP contribution is -2.37. The lowest BCUT2D eigenvalue weighted by molar-refractivity contribution is 0.790. The van der Waals surface area contributed by atoms with E-state index in [4.69, 9.17) is 0 Å². The summed E-state index contributed by atoms with van der Waals surface area (Å²) in [6, 6.07) is 10.2. The minimum atomic E-state index is 0.717. The van der Waals surface area contributed by atoms with Crippen molar-refractivity contribution in [2.45, 2.75) is 26.8 Å². The van der Waals surface area contributed by atoms with Crippen LogP contribution < -0.4 is 10.6 Å². The number of nitrogens with one attached hydrogen (secondary N) is 2. The van der Waals surface area contributed by atoms with E-state index in [-0.39, 0.29) is 0 Å². The lowest BCUT2D eigenvalue weighted by atomic mass is 10.2. The van der Waals surface area contributed by atoms with Gasteiger partial charge in [0.15, 0.2) is 5.96 Å². The number of aryl methyl sites for hydroxylation is 2. The molecule has 0 aliphatic carbocycles. The first-order valence-corrected chi connectivity index (χ1v) is 9.44. The van der Waals surface area contributed by atoms with Gasteiger partial charge in [0, 0.05) is 43.8 Å². The summed E-state index contributed by atoms with van der Waals surface area (Å²) < 4.78 is 1.85. The van der Waals surface area contributed by atoms with Crippen LogP contribution in [0.1, 0.15) is 21.1 Å². The molecule has 3 rings (SSSR count). The monoisotopic (exact) mass is 368 g/mol. The second-order valence-corrected chi connectivity index (χ2v) is 7.26. The van der Waals surface area contributed by atoms with E-state index in [1.165, 1.54) is 10.4 Å². The summed E-state index contributed by atoms with van der Waals surface area (Å²) >= 11 is 1.77. The third-order valence-corrected chi connectivity index (χ3v) is 5.23. The van der Waals surface area contributed by atoms with Gasteiger partial charge >= 0.3 is 0 Å². The van der Waals surface area contributed by atoms with Crippen molar-refractivity contribution >= 4 is 17.3 Å². The average Bonchev–Trinajstić information content (AvgIpc) is 3.29. The predicted molar refractivity (Wildman–Crippen MR) is 107 cm³/mol. The Balaban J connectivity index is 1.46. The zero-order valence-electron chi connectivity index (χ0n) is 15.4. The molecule has 0 saturated heterocycles. The van der Waals surface area contributed by atoms with Crippen molar-refractivity contribution in [3.05, 3.63) is 63.9 Å². The molecule has 0 fully saturated rings. The summed E-state index contributed by atoms with van der Waals surface area (Å²) in [6.07, 6.45) is 4.61. The van der Waals surface area contributed by atoms with Crippen LogP contribution >= 0.6 is 11.3 Å². The van der Waals surface area contributed by atoms with Crippen LogP contribution in [0.3, 0.4) is 0 Å². The van der Waals surface area contributed by atoms with Gasteiger partial charge in [0.2, 0.25) is 0 Å². The summed E-state index contributed by atoms with van der Waals surface area (Å²) in [7, 11) is 1.79. The third kappa shape index (κ3) is 4.70. The summed E-state index contributed by atoms with van der Waals surface area (Å²) in [5.41, 5.74) is 3.37. The van der Waals surface area contributed by atoms with Gasteiger partial charge in [0.05, 0.1) is 16.4 Å². The summed E-state index contributed by atoms with van der Waals surface area (Å²) in [5.74, 6) is 0.797. The minimum absolute atomic E-state index is 0.717. The molecule has 0 amide bonds. The molecule has 136 valence electrons. The highest BCUT2D eigenvalue weighted by molar-refractivity contribution is 7.11. The molecular weight excluding hydrogens is 344 g/mol. The first-order chi connectivity index (χ1) is 12.7. The molecule has 0 saturated carbocycles. The molecule has 3 aromatic rings. The number of hydrogen-bond acceptors (Lipinski definition) is 4. The van der Waals surface area contributed by atoms with Gasteiger partial charge in [-0.25, -0.2) is 9.67 Å². The SMILES string of the molecule is CN=C(NCCc1nc(C)c(C)s1)NCc1ccc(-n2cccn2)cc1. The van der Waals surface area contributed by atoms with E-state index in [9.17, 15) is 0 Å². The molecular formula is C19H24N6S. The molecule has 0 aliphatic heterocycles. The van der Waals surface area contributed by atoms with Crippen LogP contribution in [0, 0.1) is 13.8 Å². The zero-order chi connectivity index (χ0) is 18.4. The van der Waals surface area contributed by atoms with Crippen LogP contribution in [0.15, 0.2) is 47.7 Å². The second-order valence-electron chi connectivity index (χ2n) is 5.97. The number of guanidine groups is 1. The van der Waals surface area contributed by atoms with Crippen molar-refractivity contribution in [1.29, 1.82) is 0 Å². The molecule has 0 radical (unpaired) electrons. The third-order valence-electron chi connectivity index (χ3n) is 4.09. The van der Waals surface area contributed by atoms with Gasteiger partial charge < -0.3 is 10.6 Å². The Morgan fingerprint density at radius 3 is 2.62 bits per heavy atom. The first-order valence-electron chi connectivity index (χ1n) is 8.62. The standard InChI is InChI=1S/C19H24N6S/c1-14-15(2)26-18(24-14)9-11-21-19(20-3)22-13-16-5-7-17(8-6-16)25-12-4-10-23-25/h4-8,10,12H,9,11,13H2,1-3H3,(H2,20,21,22). The Bertz CT molecular complexity index is 829. The molecule has 0 aliphatic rings. The molecule has 1 aromatic carbocycles. The van der Waals surface area contributed by atoms with E-state index >= 15 is 0 Å². The van der Waals surface area contributed by atoms with Crippen LogP contribution in [-0.2, 0) is 13.0 Å². The van der Waals surface area contributed by atoms with E-state index in [2.05, 4.69) is 63.8 Å². The second kappa shape index (κ2) is 8.62. The number of rotatable bonds is 6. The Hall–Kier alpha value is -2.67. The smallest absolute Gasteiger partial charge is 0.191 e. The quantitative estimate of drug-likeness (QED) is 0.519. The number of benzene rings is 1. The molecule has 2 aromatic heterocycles. The van der Waals surface area contributed by atoms with Crippen LogP contribution in [0.4, 0.5) is 0 Å². The van der Waals surface area contributed by atoms with E-state index in [1.807, 2.05) is 16.9 Å². The Kier molecular flexibility index (Phi) is 6.01. The normalized spacial score (nSPS) is 11.6. The summed E-state index contributed by atoms with van der Waals surface area (Å²) in [5, 5.41) is 12.1. The molecule has 2 N–H and O–H groups in total. The van der Waals surface area contributed by atoms with Crippen LogP contribution in [0.25, 0.3) is 5.69 Å². The fraction of sp³-hybridized carbons (Fsp3) is 0.316. The van der Waals surface area contributed by atoms with Crippen LogP contribution in [0.5, 0.6) is 0 Å². The maximum atomic E-state index is 4.57. The Morgan fingerprint density at radius 1 is 1.19 bits per heavy atom. The van der Waals surface area contributed by atoms with Gasteiger partial charge in [-0.3, -0.25) is 4.99 Å². The van der Waals surface area contributed by atoms with Gasteiger partial charge in [0.1, 0.15) is 0 Å².